The molecule has 0 spiro atoms. The van der Waals surface area contributed by atoms with Crippen molar-refractivity contribution in [3.05, 3.63) is 53.6 Å². The Bertz CT molecular complexity index is 1270. The molecule has 1 N–H and O–H groups in total. The number of nitrogens with zero attached hydrogens (tertiary/aromatic N) is 2. The van der Waals surface area contributed by atoms with E-state index in [2.05, 4.69) is 65.6 Å². The monoisotopic (exact) mass is 707 g/mol. The van der Waals surface area contributed by atoms with Crippen molar-refractivity contribution in [3.63, 3.8) is 0 Å². The van der Waals surface area contributed by atoms with Crippen LogP contribution in [0.5, 0.6) is 11.5 Å². The molecule has 1 saturated heterocycles. The minimum absolute atomic E-state index is 0.0380. The number of anilines is 1. The van der Waals surface area contributed by atoms with Crippen LogP contribution in [0.25, 0.3) is 0 Å². The predicted molar refractivity (Wildman–Crippen MR) is 170 cm³/mol. The van der Waals surface area contributed by atoms with E-state index in [1.54, 1.807) is 0 Å². The van der Waals surface area contributed by atoms with Crippen molar-refractivity contribution in [2.45, 2.75) is 76.2 Å². The van der Waals surface area contributed by atoms with Crippen molar-refractivity contribution in [1.82, 2.24) is 4.90 Å². The quantitative estimate of drug-likeness (QED) is 0.240. The third kappa shape index (κ3) is 8.65. The maximum atomic E-state index is 14.2. The second kappa shape index (κ2) is 14.2. The molecular formula is C35H52IN2O5-. The summed E-state index contributed by atoms with van der Waals surface area (Å²) in [6, 6.07) is 14.0. The molecule has 7 nitrogen and oxygen atoms in total. The number of carboxylic acids is 1. The number of carbonyl (C=O) groups is 2. The van der Waals surface area contributed by atoms with E-state index in [1.807, 2.05) is 29.2 Å². The first kappa shape index (κ1) is 33.6. The fraction of sp³-hybridized carbons (Fsp3) is 0.600. The Morgan fingerprint density at radius 2 is 1.79 bits per heavy atom. The van der Waals surface area contributed by atoms with Gasteiger partial charge in [0.25, 0.3) is 0 Å². The number of likely N-dealkylation sites (tertiary alicyclic amines) is 1. The van der Waals surface area contributed by atoms with Gasteiger partial charge in [0.2, 0.25) is 6.79 Å². The Hall–Kier alpha value is -2.33. The molecule has 0 aromatic heterocycles. The van der Waals surface area contributed by atoms with E-state index in [4.69, 9.17) is 9.47 Å². The van der Waals surface area contributed by atoms with Gasteiger partial charge in [0.1, 0.15) is 0 Å². The van der Waals surface area contributed by atoms with Crippen molar-refractivity contribution >= 4 is 17.6 Å². The summed E-state index contributed by atoms with van der Waals surface area (Å²) in [5.74, 6) is -0.314. The fourth-order valence-corrected chi connectivity index (χ4v) is 9.93. The molecule has 2 aliphatic rings. The van der Waals surface area contributed by atoms with Crippen LogP contribution in [-0.2, 0) is 14.0 Å². The molecule has 1 amide bonds. The normalized spacial score (nSPS) is 20.8. The van der Waals surface area contributed by atoms with Crippen LogP contribution in [0, 0.1) is 11.3 Å². The van der Waals surface area contributed by atoms with Crippen molar-refractivity contribution in [2.24, 2.45) is 11.3 Å². The van der Waals surface area contributed by atoms with E-state index >= 15 is 0 Å². The first-order valence-electron chi connectivity index (χ1n) is 15.6. The van der Waals surface area contributed by atoms with Crippen LogP contribution in [0.4, 0.5) is 5.69 Å². The van der Waals surface area contributed by atoms with Gasteiger partial charge < -0.3 is 9.47 Å². The number of carbonyl (C=O) groups excluding carboxylic acids is 1. The Morgan fingerprint density at radius 3 is 2.47 bits per heavy atom. The first-order chi connectivity index (χ1) is 20.3. The molecule has 1 fully saturated rings. The Kier molecular flexibility index (Phi) is 11.1. The molecule has 0 unspecified atom stereocenters. The number of benzene rings is 2. The zero-order valence-electron chi connectivity index (χ0n) is 27.2. The Labute approximate surface area is 262 Å². The molecule has 43 heavy (non-hydrogen) atoms. The molecule has 8 heteroatoms. The van der Waals surface area contributed by atoms with Gasteiger partial charge in [-0.05, 0) is 6.07 Å². The molecular weight excluding hydrogens is 655 g/mol. The number of amides is 1. The van der Waals surface area contributed by atoms with E-state index in [9.17, 15) is 14.7 Å². The van der Waals surface area contributed by atoms with Crippen LogP contribution in [-0.4, -0.2) is 69.1 Å². The molecule has 0 aliphatic carbocycles. The first-order valence-corrected chi connectivity index (χ1v) is 23.6. The van der Waals surface area contributed by atoms with E-state index in [-0.39, 0.29) is 36.6 Å². The molecule has 0 radical (unpaired) electrons. The summed E-state index contributed by atoms with van der Waals surface area (Å²) in [7, 11) is 0. The molecule has 2 aromatic rings. The van der Waals surface area contributed by atoms with E-state index in [0.717, 1.165) is 41.4 Å². The van der Waals surface area contributed by atoms with Gasteiger partial charge >= 0.3 is 217 Å². The van der Waals surface area contributed by atoms with Crippen LogP contribution < -0.4 is 32.8 Å². The number of carboxylic acid groups (broad SMARTS) is 1. The van der Waals surface area contributed by atoms with Gasteiger partial charge in [-0.2, -0.15) is 0 Å². The third-order valence-corrected chi connectivity index (χ3v) is 11.9. The second-order valence-electron chi connectivity index (χ2n) is 13.8. The summed E-state index contributed by atoms with van der Waals surface area (Å²) in [5, 5.41) is 10.6. The van der Waals surface area contributed by atoms with Gasteiger partial charge in [-0.25, -0.2) is 0 Å². The number of hydrogen-bond acceptors (Lipinski definition) is 5. The molecule has 4 rings (SSSR count). The van der Waals surface area contributed by atoms with Crippen LogP contribution in [0.1, 0.15) is 76.8 Å². The van der Waals surface area contributed by atoms with E-state index < -0.39 is 30.3 Å². The van der Waals surface area contributed by atoms with Crippen molar-refractivity contribution in [2.75, 3.05) is 46.1 Å². The molecule has 0 saturated carbocycles. The standard InChI is InChI=1S/C35H52IN2O5/c1-8-10-17-38(27-13-11-12-25(18-27)21-36(5,6)7)32(39)23-37-22-28(26-14-15-30-31(19-26)43-24-42-30)33(34(40)41)29(37)20-35(3,4)16-9-2/h11-15,18-19,28-29,33H,8-10,16-17,20-24H2,1-7H3,(H,40,41)/q-1/t28-,29+,33-/m1/s1. The minimum atomic E-state index is -1.76. The number of rotatable bonds is 14. The van der Waals surface area contributed by atoms with Crippen molar-refractivity contribution in [3.8, 4) is 11.5 Å². The predicted octanol–water partition coefficient (Wildman–Crippen LogP) is 3.48. The number of unbranched alkanes of at least 4 members (excludes halogenated alkanes) is 1. The summed E-state index contributed by atoms with van der Waals surface area (Å²) in [6.45, 7) is 10.3. The van der Waals surface area contributed by atoms with E-state index in [1.165, 1.54) is 5.56 Å². The van der Waals surface area contributed by atoms with Crippen LogP contribution >= 0.6 is 0 Å². The summed E-state index contributed by atoms with van der Waals surface area (Å²) in [6.07, 6.45) is 4.65. The zero-order valence-corrected chi connectivity index (χ0v) is 29.4. The van der Waals surface area contributed by atoms with Gasteiger partial charge in [-0.1, -0.05) is 13.3 Å². The van der Waals surface area contributed by atoms with Crippen LogP contribution in [0.3, 0.4) is 0 Å². The SMILES string of the molecule is CCCCN(C(=O)CN1C[C@H](c2ccc3c(c2)OCO3)[C@@H](C(=O)O)[C@@H]1CC(C)(C)CCC)c1cccc(C[I-](C)(C)C)c1. The second-order valence-corrected chi connectivity index (χ2v) is 25.6. The summed E-state index contributed by atoms with van der Waals surface area (Å²) in [5.41, 5.74) is 3.12. The molecule has 240 valence electrons. The topological polar surface area (TPSA) is 79.3 Å². The van der Waals surface area contributed by atoms with Crippen molar-refractivity contribution in [1.29, 1.82) is 0 Å². The molecule has 3 atom stereocenters. The summed E-state index contributed by atoms with van der Waals surface area (Å²) in [4.78, 5) is 38.5. The number of aliphatic carboxylic acids is 1. The van der Waals surface area contributed by atoms with Crippen molar-refractivity contribution < 1.29 is 42.6 Å². The third-order valence-electron chi connectivity index (χ3n) is 8.70. The van der Waals surface area contributed by atoms with Crippen LogP contribution in [0.2, 0.25) is 0 Å². The molecule has 2 aromatic carbocycles. The van der Waals surface area contributed by atoms with E-state index in [0.29, 0.717) is 31.0 Å². The van der Waals surface area contributed by atoms with Gasteiger partial charge in [-0.3, -0.25) is 0 Å². The number of alkyl halides is 4. The zero-order chi connectivity index (χ0) is 31.4. The van der Waals surface area contributed by atoms with Gasteiger partial charge in [0.15, 0.2) is 11.5 Å². The van der Waals surface area contributed by atoms with Gasteiger partial charge in [-0.15, -0.1) is 0 Å². The molecule has 2 heterocycles. The molecule has 2 aliphatic heterocycles. The van der Waals surface area contributed by atoms with Gasteiger partial charge in [0, 0.05) is 0 Å². The Morgan fingerprint density at radius 1 is 1.05 bits per heavy atom. The number of ether oxygens (including phenoxy) is 2. The van der Waals surface area contributed by atoms with Crippen LogP contribution in [0.15, 0.2) is 42.5 Å². The summed E-state index contributed by atoms with van der Waals surface area (Å²) >= 11 is -1.76. The maximum absolute atomic E-state index is 14.2. The molecule has 0 bridgehead atoms. The Balaban J connectivity index is 1.66. The average molecular weight is 708 g/mol. The number of halogens is 1. The fourth-order valence-electron chi connectivity index (χ4n) is 6.82. The summed E-state index contributed by atoms with van der Waals surface area (Å²) < 4.78 is 12.3. The number of hydrogen-bond donors (Lipinski definition) is 1. The van der Waals surface area contributed by atoms with Gasteiger partial charge in [0.05, 0.1) is 0 Å². The number of fused-ring (bicyclic) bond motifs is 1. The average Bonchev–Trinajstić information content (AvgIpc) is 3.52.